The second kappa shape index (κ2) is 5.69. The summed E-state index contributed by atoms with van der Waals surface area (Å²) in [4.78, 5) is 18.6. The molecule has 18 heavy (non-hydrogen) atoms. The number of hydrogen-bond donors (Lipinski definition) is 2. The van der Waals surface area contributed by atoms with Crippen LogP contribution >= 0.6 is 11.6 Å². The van der Waals surface area contributed by atoms with Crippen molar-refractivity contribution in [3.05, 3.63) is 47.0 Å². The van der Waals surface area contributed by atoms with Crippen LogP contribution in [-0.4, -0.2) is 15.9 Å². The van der Waals surface area contributed by atoms with Gasteiger partial charge in [-0.25, -0.2) is 4.98 Å². The standard InChI is InChI=1S/C13H14ClN3O/c1-9-6-10(14)2-4-12(9)17-13(18)5-3-11-7-15-8-16-11/h2,4,6-8H,3,5H2,1H3,(H,15,16)(H,17,18). The molecule has 0 aliphatic heterocycles. The molecule has 2 rings (SSSR count). The van der Waals surface area contributed by atoms with Gasteiger partial charge in [-0.15, -0.1) is 0 Å². The summed E-state index contributed by atoms with van der Waals surface area (Å²) in [6, 6.07) is 5.40. The van der Waals surface area contributed by atoms with E-state index in [2.05, 4.69) is 15.3 Å². The number of amides is 1. The molecule has 0 spiro atoms. The van der Waals surface area contributed by atoms with Gasteiger partial charge in [0, 0.05) is 29.0 Å². The first-order valence-electron chi connectivity index (χ1n) is 5.68. The van der Waals surface area contributed by atoms with Gasteiger partial charge < -0.3 is 10.3 Å². The van der Waals surface area contributed by atoms with Crippen LogP contribution in [0.1, 0.15) is 17.7 Å². The Morgan fingerprint density at radius 2 is 2.33 bits per heavy atom. The number of benzene rings is 1. The van der Waals surface area contributed by atoms with Gasteiger partial charge in [0.1, 0.15) is 0 Å². The number of H-pyrrole nitrogens is 1. The number of nitrogens with zero attached hydrogens (tertiary/aromatic N) is 1. The maximum absolute atomic E-state index is 11.8. The molecular weight excluding hydrogens is 250 g/mol. The highest BCUT2D eigenvalue weighted by Crippen LogP contribution is 2.19. The Labute approximate surface area is 110 Å². The molecule has 0 saturated carbocycles. The molecule has 1 aromatic carbocycles. The molecule has 5 heteroatoms. The van der Waals surface area contributed by atoms with Crippen LogP contribution in [0.5, 0.6) is 0 Å². The number of aryl methyl sites for hydroxylation is 2. The zero-order valence-corrected chi connectivity index (χ0v) is 10.8. The fourth-order valence-electron chi connectivity index (χ4n) is 1.65. The highest BCUT2D eigenvalue weighted by molar-refractivity contribution is 6.30. The molecule has 2 aromatic rings. The lowest BCUT2D eigenvalue weighted by Gasteiger charge is -2.08. The van der Waals surface area contributed by atoms with Crippen molar-refractivity contribution in [2.75, 3.05) is 5.32 Å². The zero-order valence-electron chi connectivity index (χ0n) is 10.0. The van der Waals surface area contributed by atoms with E-state index in [4.69, 9.17) is 11.6 Å². The summed E-state index contributed by atoms with van der Waals surface area (Å²) in [5.41, 5.74) is 2.71. The third-order valence-corrected chi connectivity index (χ3v) is 2.87. The van der Waals surface area contributed by atoms with Crippen molar-refractivity contribution < 1.29 is 4.79 Å². The quantitative estimate of drug-likeness (QED) is 0.891. The van der Waals surface area contributed by atoms with Crippen molar-refractivity contribution in [1.82, 2.24) is 9.97 Å². The van der Waals surface area contributed by atoms with Crippen molar-refractivity contribution in [2.45, 2.75) is 19.8 Å². The molecule has 0 unspecified atom stereocenters. The lowest BCUT2D eigenvalue weighted by molar-refractivity contribution is -0.116. The third kappa shape index (κ3) is 3.34. The van der Waals surface area contributed by atoms with Gasteiger partial charge in [-0.05, 0) is 37.1 Å². The van der Waals surface area contributed by atoms with E-state index in [9.17, 15) is 4.79 Å². The number of imidazole rings is 1. The van der Waals surface area contributed by atoms with Crippen LogP contribution in [0.15, 0.2) is 30.7 Å². The highest BCUT2D eigenvalue weighted by Gasteiger charge is 2.06. The Morgan fingerprint density at radius 3 is 3.00 bits per heavy atom. The summed E-state index contributed by atoms with van der Waals surface area (Å²) in [6.45, 7) is 1.91. The monoisotopic (exact) mass is 263 g/mol. The molecule has 2 N–H and O–H groups in total. The zero-order chi connectivity index (χ0) is 13.0. The summed E-state index contributed by atoms with van der Waals surface area (Å²) in [5.74, 6) is -0.0185. The van der Waals surface area contributed by atoms with E-state index in [0.29, 0.717) is 17.9 Å². The molecule has 4 nitrogen and oxygen atoms in total. The van der Waals surface area contributed by atoms with Crippen LogP contribution in [0, 0.1) is 6.92 Å². The number of carbonyl (C=O) groups excluding carboxylic acids is 1. The molecule has 0 atom stereocenters. The predicted octanol–water partition coefficient (Wildman–Crippen LogP) is 2.94. The Kier molecular flexibility index (Phi) is 3.99. The number of anilines is 1. The maximum Gasteiger partial charge on any atom is 0.224 e. The lowest BCUT2D eigenvalue weighted by Crippen LogP contribution is -2.13. The van der Waals surface area contributed by atoms with Crippen molar-refractivity contribution in [2.24, 2.45) is 0 Å². The van der Waals surface area contributed by atoms with Gasteiger partial charge in [-0.1, -0.05) is 11.6 Å². The number of aromatic amines is 1. The molecule has 1 amide bonds. The van der Waals surface area contributed by atoms with Crippen LogP contribution in [0.4, 0.5) is 5.69 Å². The molecule has 0 aliphatic rings. The number of nitrogens with one attached hydrogen (secondary N) is 2. The van der Waals surface area contributed by atoms with Crippen LogP contribution in [0.3, 0.4) is 0 Å². The minimum Gasteiger partial charge on any atom is -0.348 e. The van der Waals surface area contributed by atoms with Gasteiger partial charge in [0.15, 0.2) is 0 Å². The minimum absolute atomic E-state index is 0.0185. The molecule has 0 fully saturated rings. The number of hydrogen-bond acceptors (Lipinski definition) is 2. The fourth-order valence-corrected chi connectivity index (χ4v) is 1.88. The Hall–Kier alpha value is -1.81. The molecule has 0 bridgehead atoms. The van der Waals surface area contributed by atoms with Gasteiger partial charge in [-0.2, -0.15) is 0 Å². The van der Waals surface area contributed by atoms with Gasteiger partial charge >= 0.3 is 0 Å². The SMILES string of the molecule is Cc1cc(Cl)ccc1NC(=O)CCc1cnc[nH]1. The topological polar surface area (TPSA) is 57.8 Å². The predicted molar refractivity (Wildman–Crippen MR) is 71.7 cm³/mol. The largest absolute Gasteiger partial charge is 0.348 e. The summed E-state index contributed by atoms with van der Waals surface area (Å²) in [6.07, 6.45) is 4.40. The van der Waals surface area contributed by atoms with E-state index in [1.54, 1.807) is 18.6 Å². The average Bonchev–Trinajstić information content (AvgIpc) is 2.83. The second-order valence-corrected chi connectivity index (χ2v) is 4.52. The van der Waals surface area contributed by atoms with Crippen molar-refractivity contribution in [1.29, 1.82) is 0 Å². The van der Waals surface area contributed by atoms with E-state index < -0.39 is 0 Å². The lowest BCUT2D eigenvalue weighted by atomic mass is 10.2. The normalized spacial score (nSPS) is 10.3. The maximum atomic E-state index is 11.8. The van der Waals surface area contributed by atoms with E-state index in [-0.39, 0.29) is 5.91 Å². The van der Waals surface area contributed by atoms with Crippen LogP contribution < -0.4 is 5.32 Å². The van der Waals surface area contributed by atoms with Crippen LogP contribution in [-0.2, 0) is 11.2 Å². The van der Waals surface area contributed by atoms with E-state index in [0.717, 1.165) is 16.9 Å². The van der Waals surface area contributed by atoms with Crippen LogP contribution in [0.2, 0.25) is 5.02 Å². The Bertz CT molecular complexity index is 537. The number of carbonyl (C=O) groups is 1. The molecule has 1 aromatic heterocycles. The van der Waals surface area contributed by atoms with E-state index in [1.807, 2.05) is 19.1 Å². The van der Waals surface area contributed by atoms with Crippen molar-refractivity contribution in [3.63, 3.8) is 0 Å². The number of halogens is 1. The van der Waals surface area contributed by atoms with Gasteiger partial charge in [0.2, 0.25) is 5.91 Å². The molecule has 1 heterocycles. The second-order valence-electron chi connectivity index (χ2n) is 4.08. The highest BCUT2D eigenvalue weighted by atomic mass is 35.5. The smallest absolute Gasteiger partial charge is 0.224 e. The first-order valence-corrected chi connectivity index (χ1v) is 6.06. The number of aromatic nitrogens is 2. The molecule has 94 valence electrons. The Morgan fingerprint density at radius 1 is 1.50 bits per heavy atom. The van der Waals surface area contributed by atoms with E-state index in [1.165, 1.54) is 0 Å². The summed E-state index contributed by atoms with van der Waals surface area (Å²) >= 11 is 5.86. The third-order valence-electron chi connectivity index (χ3n) is 2.64. The molecule has 0 aliphatic carbocycles. The van der Waals surface area contributed by atoms with Crippen LogP contribution in [0.25, 0.3) is 0 Å². The first kappa shape index (κ1) is 12.6. The Balaban J connectivity index is 1.91. The molecule has 0 saturated heterocycles. The van der Waals surface area contributed by atoms with Crippen molar-refractivity contribution >= 4 is 23.2 Å². The minimum atomic E-state index is -0.0185. The summed E-state index contributed by atoms with van der Waals surface area (Å²) < 4.78 is 0. The van der Waals surface area contributed by atoms with Crippen molar-refractivity contribution in [3.8, 4) is 0 Å². The van der Waals surface area contributed by atoms with Gasteiger partial charge in [-0.3, -0.25) is 4.79 Å². The van der Waals surface area contributed by atoms with Gasteiger partial charge in [0.25, 0.3) is 0 Å². The average molecular weight is 264 g/mol. The van der Waals surface area contributed by atoms with E-state index >= 15 is 0 Å². The molecule has 0 radical (unpaired) electrons. The van der Waals surface area contributed by atoms with Gasteiger partial charge in [0.05, 0.1) is 6.33 Å². The molecular formula is C13H14ClN3O. The number of rotatable bonds is 4. The summed E-state index contributed by atoms with van der Waals surface area (Å²) in [7, 11) is 0. The first-order chi connectivity index (χ1) is 8.65. The fraction of sp³-hybridized carbons (Fsp3) is 0.231. The summed E-state index contributed by atoms with van der Waals surface area (Å²) in [5, 5.41) is 3.54.